The van der Waals surface area contributed by atoms with Crippen LogP contribution >= 0.6 is 0 Å². The fourth-order valence-electron chi connectivity index (χ4n) is 7.16. The highest BCUT2D eigenvalue weighted by molar-refractivity contribution is 5.89. The molecule has 3 aliphatic heterocycles. The van der Waals surface area contributed by atoms with Gasteiger partial charge in [-0.3, -0.25) is 4.79 Å². The molecule has 0 bridgehead atoms. The van der Waals surface area contributed by atoms with E-state index in [9.17, 15) is 70.9 Å². The lowest BCUT2D eigenvalue weighted by Crippen LogP contribution is -2.63. The van der Waals surface area contributed by atoms with Crippen LogP contribution in [0.5, 0.6) is 40.2 Å². The third kappa shape index (κ3) is 9.77. The summed E-state index contributed by atoms with van der Waals surface area (Å²) in [6.45, 7) is 0.0622. The highest BCUT2D eigenvalue weighted by Gasteiger charge is 2.50. The first kappa shape index (κ1) is 47.2. The first-order valence-electron chi connectivity index (χ1n) is 19.8. The molecule has 3 aliphatic rings. The molecule has 7 rings (SSSR count). The van der Waals surface area contributed by atoms with Crippen LogP contribution in [-0.2, 0) is 28.5 Å². The van der Waals surface area contributed by atoms with Crippen LogP contribution in [0.2, 0.25) is 0 Å². The summed E-state index contributed by atoms with van der Waals surface area (Å²) in [5, 5.41) is 126. The zero-order chi connectivity index (χ0) is 47.0. The highest BCUT2D eigenvalue weighted by atomic mass is 16.8. The van der Waals surface area contributed by atoms with E-state index in [1.54, 1.807) is 0 Å². The maximum absolute atomic E-state index is 14.3. The molecule has 0 aliphatic carbocycles. The van der Waals surface area contributed by atoms with E-state index in [2.05, 4.69) is 0 Å². The van der Waals surface area contributed by atoms with Gasteiger partial charge in [-0.05, 0) is 48.9 Å². The van der Waals surface area contributed by atoms with E-state index in [0.29, 0.717) is 5.56 Å². The Balaban J connectivity index is 1.16. The van der Waals surface area contributed by atoms with Crippen LogP contribution in [0.25, 0.3) is 28.4 Å². The first-order chi connectivity index (χ1) is 30.9. The molecule has 3 fully saturated rings. The third-order valence-electron chi connectivity index (χ3n) is 10.8. The quantitative estimate of drug-likeness (QED) is 0.0433. The van der Waals surface area contributed by atoms with Gasteiger partial charge in [0.15, 0.2) is 41.2 Å². The van der Waals surface area contributed by atoms with E-state index >= 15 is 0 Å². The van der Waals surface area contributed by atoms with Crippen molar-refractivity contribution < 1.29 is 108 Å². The van der Waals surface area contributed by atoms with E-state index in [1.807, 2.05) is 0 Å². The van der Waals surface area contributed by atoms with Crippen molar-refractivity contribution in [3.63, 3.8) is 0 Å². The number of benzene rings is 3. The second-order valence-electron chi connectivity index (χ2n) is 15.3. The van der Waals surface area contributed by atoms with Crippen LogP contribution in [0, 0.1) is 0 Å². The fraction of sp³-hybridized carbons (Fsp3) is 0.429. The average Bonchev–Trinajstić information content (AvgIpc) is 3.27. The SMILES string of the molecule is COc1cc(/C=C/C(=O)OC[C@H]2O[C@@H](O[C@H]3[C@H](Oc4c(-c5ccc(O)c(O)c5)oc5cc(O[C@@H]6O[C@@H](C)[C@H](O)[C@@H](O)[C@H]6O)cc(O)c5c4=O)OC[C@@H](O)[C@@H]3O)[C@H](O)[C@@H](O)[C@@H]2O)ccc1O. The Morgan fingerprint density at radius 1 is 0.738 bits per heavy atom. The molecule has 23 heteroatoms. The monoisotopic (exact) mass is 918 g/mol. The van der Waals surface area contributed by atoms with Crippen LogP contribution in [0.3, 0.4) is 0 Å². The van der Waals surface area contributed by atoms with Gasteiger partial charge < -0.3 is 104 Å². The van der Waals surface area contributed by atoms with Crippen molar-refractivity contribution in [1.82, 2.24) is 0 Å². The van der Waals surface area contributed by atoms with Gasteiger partial charge in [0.05, 0.1) is 19.8 Å². The lowest BCUT2D eigenvalue weighted by Gasteiger charge is -2.44. The molecule has 4 aromatic rings. The number of ether oxygens (including phenoxy) is 8. The lowest BCUT2D eigenvalue weighted by atomic mass is 9.98. The Labute approximate surface area is 366 Å². The zero-order valence-electron chi connectivity index (χ0n) is 34.1. The van der Waals surface area contributed by atoms with Crippen molar-refractivity contribution in [3.8, 4) is 51.6 Å². The first-order valence-corrected chi connectivity index (χ1v) is 19.8. The highest BCUT2D eigenvalue weighted by Crippen LogP contribution is 2.40. The van der Waals surface area contributed by atoms with Gasteiger partial charge in [0, 0.05) is 23.8 Å². The summed E-state index contributed by atoms with van der Waals surface area (Å²) >= 11 is 0. The topological polar surface area (TPSA) is 364 Å². The molecule has 1 aromatic heterocycles. The summed E-state index contributed by atoms with van der Waals surface area (Å²) in [6.07, 6.45) is -22.0. The Hall–Kier alpha value is -5.80. The van der Waals surface area contributed by atoms with Crippen LogP contribution in [0.1, 0.15) is 12.5 Å². The normalized spacial score (nSPS) is 31.7. The predicted molar refractivity (Wildman–Crippen MR) is 214 cm³/mol. The van der Waals surface area contributed by atoms with Crippen LogP contribution in [0.4, 0.5) is 0 Å². The third-order valence-corrected chi connectivity index (χ3v) is 10.8. The molecule has 352 valence electrons. The number of phenols is 4. The van der Waals surface area contributed by atoms with Gasteiger partial charge in [-0.25, -0.2) is 4.79 Å². The summed E-state index contributed by atoms with van der Waals surface area (Å²) in [4.78, 5) is 26.9. The number of aromatic hydroxyl groups is 4. The van der Waals surface area contributed by atoms with Gasteiger partial charge in [0.25, 0.3) is 0 Å². The number of aliphatic hydroxyl groups excluding tert-OH is 8. The van der Waals surface area contributed by atoms with E-state index in [1.165, 1.54) is 44.4 Å². The minimum absolute atomic E-state index is 0.121. The van der Waals surface area contributed by atoms with Gasteiger partial charge in [0.1, 0.15) is 84.0 Å². The fourth-order valence-corrected chi connectivity index (χ4v) is 7.16. The van der Waals surface area contributed by atoms with Gasteiger partial charge >= 0.3 is 5.97 Å². The van der Waals surface area contributed by atoms with Crippen molar-refractivity contribution in [2.75, 3.05) is 20.3 Å². The molecule has 0 radical (unpaired) electrons. The van der Waals surface area contributed by atoms with Crippen LogP contribution in [-0.4, -0.2) is 174 Å². The smallest absolute Gasteiger partial charge is 0.330 e. The molecule has 23 nitrogen and oxygen atoms in total. The maximum Gasteiger partial charge on any atom is 0.330 e. The van der Waals surface area contributed by atoms with Crippen LogP contribution < -0.4 is 19.6 Å². The maximum atomic E-state index is 14.3. The Morgan fingerprint density at radius 3 is 2.17 bits per heavy atom. The molecule has 0 unspecified atom stereocenters. The number of phenolic OH excluding ortho intramolecular Hbond substituents is 4. The molecular formula is C42H46O23. The second-order valence-corrected chi connectivity index (χ2v) is 15.3. The number of hydrogen-bond donors (Lipinski definition) is 12. The molecule has 0 spiro atoms. The van der Waals surface area contributed by atoms with E-state index in [4.69, 9.17) is 42.3 Å². The molecule has 65 heavy (non-hydrogen) atoms. The molecule has 4 heterocycles. The molecular weight excluding hydrogens is 872 g/mol. The summed E-state index contributed by atoms with van der Waals surface area (Å²) < 4.78 is 50.5. The van der Waals surface area contributed by atoms with E-state index in [0.717, 1.165) is 30.3 Å². The number of hydrogen-bond acceptors (Lipinski definition) is 23. The Morgan fingerprint density at radius 2 is 1.45 bits per heavy atom. The summed E-state index contributed by atoms with van der Waals surface area (Å²) in [5.41, 5.74) is -1.18. The lowest BCUT2D eigenvalue weighted by molar-refractivity contribution is -0.348. The number of esters is 1. The van der Waals surface area contributed by atoms with Crippen molar-refractivity contribution in [2.45, 2.75) is 92.9 Å². The van der Waals surface area contributed by atoms with Gasteiger partial charge in [0.2, 0.25) is 23.8 Å². The molecule has 14 atom stereocenters. The number of methoxy groups -OCH3 is 1. The Kier molecular flexibility index (Phi) is 14.0. The molecule has 0 saturated carbocycles. The summed E-state index contributed by atoms with van der Waals surface area (Å²) in [7, 11) is 1.34. The summed E-state index contributed by atoms with van der Waals surface area (Å²) in [5.74, 6) is -4.49. The zero-order valence-corrected chi connectivity index (χ0v) is 34.1. The van der Waals surface area contributed by atoms with Crippen molar-refractivity contribution in [2.24, 2.45) is 0 Å². The van der Waals surface area contributed by atoms with Gasteiger partial charge in [-0.1, -0.05) is 6.07 Å². The van der Waals surface area contributed by atoms with Crippen molar-refractivity contribution >= 4 is 23.0 Å². The number of rotatable bonds is 12. The summed E-state index contributed by atoms with van der Waals surface area (Å²) in [6, 6.07) is 9.52. The molecule has 3 saturated heterocycles. The minimum Gasteiger partial charge on any atom is -0.507 e. The molecule has 12 N–H and O–H groups in total. The average molecular weight is 919 g/mol. The van der Waals surface area contributed by atoms with Crippen LogP contribution in [0.15, 0.2) is 63.8 Å². The number of fused-ring (bicyclic) bond motifs is 1. The number of carbonyl (C=O) groups is 1. The Bertz CT molecular complexity index is 2440. The van der Waals surface area contributed by atoms with Gasteiger partial charge in [-0.15, -0.1) is 0 Å². The molecule has 3 aromatic carbocycles. The predicted octanol–water partition coefficient (Wildman–Crippen LogP) is -1.60. The minimum atomic E-state index is -2.06. The van der Waals surface area contributed by atoms with Crippen molar-refractivity contribution in [3.05, 3.63) is 70.4 Å². The standard InChI is InChI=1S/C42H46O23/c1-15-29(49)33(53)35(55)40(60-15)61-18-11-22(46)28-25(12-18)62-37(17-5-7-19(43)21(45)10-17)38(32(28)52)64-42-39(30(50)23(47)13-59-42)65-41-36(56)34(54)31(51)26(63-41)14-58-27(48)8-4-16-3-6-20(44)24(9-16)57-2/h3-12,15,23,26,29-31,33-36,39-47,49-51,53-56H,13-14H2,1-2H3/b8-4+/t15-,23+,26+,29-,30-,31+,33+,34-,35+,36+,39+,40-,41-,42-/m0/s1. The second kappa shape index (κ2) is 19.4. The number of carbonyl (C=O) groups excluding carboxylic acids is 1. The van der Waals surface area contributed by atoms with Crippen molar-refractivity contribution in [1.29, 1.82) is 0 Å². The number of aliphatic hydroxyl groups is 8. The molecule has 0 amide bonds. The largest absolute Gasteiger partial charge is 0.507 e. The van der Waals surface area contributed by atoms with Gasteiger partial charge in [-0.2, -0.15) is 0 Å². The van der Waals surface area contributed by atoms with E-state index in [-0.39, 0.29) is 28.4 Å². The van der Waals surface area contributed by atoms with E-state index < -0.39 is 145 Å².